The van der Waals surface area contributed by atoms with Crippen LogP contribution in [-0.2, 0) is 5.41 Å². The summed E-state index contributed by atoms with van der Waals surface area (Å²) < 4.78 is 5.07. The summed E-state index contributed by atoms with van der Waals surface area (Å²) in [5, 5.41) is 10.4. The molecule has 3 nitrogen and oxygen atoms in total. The molecule has 0 spiro atoms. The zero-order valence-electron chi connectivity index (χ0n) is 28.7. The zero-order valence-corrected chi connectivity index (χ0v) is 28.7. The first-order valence-corrected chi connectivity index (χ1v) is 18.4. The molecule has 1 atom stereocenters. The number of hydrogen-bond acceptors (Lipinski definition) is 1. The number of aliphatic imine (C=N–C) groups is 1. The third-order valence-electron chi connectivity index (χ3n) is 12.5. The van der Waals surface area contributed by atoms with Crippen molar-refractivity contribution < 1.29 is 0 Å². The fourth-order valence-corrected chi connectivity index (χ4v) is 10.4. The highest BCUT2D eigenvalue weighted by atomic mass is 15.1. The number of fused-ring (bicyclic) bond motifs is 14. The van der Waals surface area contributed by atoms with Gasteiger partial charge in [0.25, 0.3) is 0 Å². The van der Waals surface area contributed by atoms with Gasteiger partial charge < -0.3 is 4.40 Å². The summed E-state index contributed by atoms with van der Waals surface area (Å²) in [7, 11) is 0. The van der Waals surface area contributed by atoms with Gasteiger partial charge in [-0.05, 0) is 76.2 Å². The number of nitrogens with zero attached hydrogens (tertiary/aromatic N) is 3. The van der Waals surface area contributed by atoms with Crippen LogP contribution in [0.3, 0.4) is 0 Å². The van der Waals surface area contributed by atoms with E-state index in [0.717, 1.165) is 30.8 Å². The van der Waals surface area contributed by atoms with Gasteiger partial charge in [-0.3, -0.25) is 4.57 Å². The molecule has 1 unspecified atom stereocenters. The minimum Gasteiger partial charge on any atom is -0.308 e. The molecule has 3 heteroatoms. The predicted molar refractivity (Wildman–Crippen MR) is 215 cm³/mol. The van der Waals surface area contributed by atoms with Crippen molar-refractivity contribution >= 4 is 82.2 Å². The SMILES string of the molecule is CC1(C)c2ccccc2C2CCCC(n3c4ccc5ccccc5c4c4cc5c6ccccc6n6c7ccccc7c(c43)c56)=Nc3cccc1c32. The summed E-state index contributed by atoms with van der Waals surface area (Å²) in [6.45, 7) is 4.78. The molecule has 0 N–H and O–H groups in total. The summed E-state index contributed by atoms with van der Waals surface area (Å²) in [4.78, 5) is 5.80. The van der Waals surface area contributed by atoms with E-state index < -0.39 is 0 Å². The van der Waals surface area contributed by atoms with Crippen molar-refractivity contribution in [3.05, 3.63) is 156 Å². The van der Waals surface area contributed by atoms with Crippen LogP contribution in [0.5, 0.6) is 0 Å². The Kier molecular flexibility index (Phi) is 5.27. The van der Waals surface area contributed by atoms with Crippen LogP contribution in [0.4, 0.5) is 5.69 Å². The first-order valence-electron chi connectivity index (χ1n) is 18.4. The molecular formula is C48H35N3. The van der Waals surface area contributed by atoms with E-state index in [0.29, 0.717) is 5.92 Å². The Balaban J connectivity index is 1.27. The van der Waals surface area contributed by atoms with Gasteiger partial charge in [0.05, 0.1) is 33.3 Å². The monoisotopic (exact) mass is 653 g/mol. The summed E-state index contributed by atoms with van der Waals surface area (Å²) in [5.41, 5.74) is 13.1. The molecule has 3 aromatic heterocycles. The topological polar surface area (TPSA) is 21.7 Å². The Morgan fingerprint density at radius 2 is 1.31 bits per heavy atom. The predicted octanol–water partition coefficient (Wildman–Crippen LogP) is 12.6. The third-order valence-corrected chi connectivity index (χ3v) is 12.5. The van der Waals surface area contributed by atoms with E-state index in [1.54, 1.807) is 0 Å². The molecule has 0 bridgehead atoms. The lowest BCUT2D eigenvalue weighted by atomic mass is 9.64. The molecule has 0 saturated heterocycles. The van der Waals surface area contributed by atoms with E-state index in [1.807, 2.05) is 0 Å². The van der Waals surface area contributed by atoms with Crippen molar-refractivity contribution in [2.45, 2.75) is 44.4 Å². The molecule has 0 saturated carbocycles. The molecule has 242 valence electrons. The molecule has 12 rings (SSSR count). The van der Waals surface area contributed by atoms with Crippen LogP contribution >= 0.6 is 0 Å². The first kappa shape index (κ1) is 27.8. The van der Waals surface area contributed by atoms with E-state index >= 15 is 0 Å². The third kappa shape index (κ3) is 3.42. The van der Waals surface area contributed by atoms with E-state index in [9.17, 15) is 0 Å². The van der Waals surface area contributed by atoms with Gasteiger partial charge in [0.2, 0.25) is 0 Å². The van der Waals surface area contributed by atoms with Gasteiger partial charge in [0.1, 0.15) is 5.84 Å². The second kappa shape index (κ2) is 9.64. The number of benzene rings is 7. The lowest BCUT2D eigenvalue weighted by Crippen LogP contribution is -2.30. The van der Waals surface area contributed by atoms with Crippen LogP contribution in [0.2, 0.25) is 0 Å². The summed E-state index contributed by atoms with van der Waals surface area (Å²) in [5.74, 6) is 1.49. The Bertz CT molecular complexity index is 3150. The number of aromatic nitrogens is 2. The van der Waals surface area contributed by atoms with Crippen LogP contribution in [0, 0.1) is 0 Å². The second-order valence-corrected chi connectivity index (χ2v) is 15.4. The Hall–Kier alpha value is -5.93. The molecule has 51 heavy (non-hydrogen) atoms. The average Bonchev–Trinajstić information content (AvgIpc) is 3.79. The molecule has 1 aliphatic carbocycles. The van der Waals surface area contributed by atoms with Gasteiger partial charge in [-0.1, -0.05) is 117 Å². The fraction of sp³-hybridized carbons (Fsp3) is 0.146. The summed E-state index contributed by atoms with van der Waals surface area (Å²) >= 11 is 0. The molecular weight excluding hydrogens is 619 g/mol. The molecule has 0 fully saturated rings. The number of hydrogen-bond donors (Lipinski definition) is 0. The lowest BCUT2D eigenvalue weighted by Gasteiger charge is -2.40. The fourth-order valence-electron chi connectivity index (χ4n) is 10.4. The van der Waals surface area contributed by atoms with Crippen molar-refractivity contribution in [1.82, 2.24) is 8.97 Å². The van der Waals surface area contributed by atoms with Crippen molar-refractivity contribution in [3.63, 3.8) is 0 Å². The quantitative estimate of drug-likeness (QED) is 0.155. The van der Waals surface area contributed by atoms with Crippen LogP contribution < -0.4 is 0 Å². The van der Waals surface area contributed by atoms with E-state index in [4.69, 9.17) is 4.99 Å². The van der Waals surface area contributed by atoms with Crippen LogP contribution in [0.1, 0.15) is 61.3 Å². The Morgan fingerprint density at radius 3 is 2.20 bits per heavy atom. The Morgan fingerprint density at radius 1 is 0.588 bits per heavy atom. The molecule has 0 radical (unpaired) electrons. The lowest BCUT2D eigenvalue weighted by molar-refractivity contribution is 0.557. The van der Waals surface area contributed by atoms with Gasteiger partial charge in [0.15, 0.2) is 0 Å². The molecule has 1 aliphatic heterocycles. The van der Waals surface area contributed by atoms with Gasteiger partial charge in [-0.15, -0.1) is 0 Å². The molecule has 10 aromatic rings. The number of rotatable bonds is 0. The molecule has 4 heterocycles. The highest BCUT2D eigenvalue weighted by Crippen LogP contribution is 2.53. The minimum absolute atomic E-state index is 0.0896. The molecule has 7 aromatic carbocycles. The van der Waals surface area contributed by atoms with E-state index in [1.165, 1.54) is 92.9 Å². The highest BCUT2D eigenvalue weighted by molar-refractivity contribution is 6.37. The normalized spacial score (nSPS) is 17.1. The van der Waals surface area contributed by atoms with E-state index in [2.05, 4.69) is 156 Å². The van der Waals surface area contributed by atoms with Crippen molar-refractivity contribution in [2.75, 3.05) is 0 Å². The van der Waals surface area contributed by atoms with Gasteiger partial charge in [0, 0.05) is 50.1 Å². The second-order valence-electron chi connectivity index (χ2n) is 15.4. The first-order chi connectivity index (χ1) is 25.1. The van der Waals surface area contributed by atoms with Crippen LogP contribution in [-0.4, -0.2) is 14.8 Å². The largest absolute Gasteiger partial charge is 0.308 e. The maximum absolute atomic E-state index is 5.80. The van der Waals surface area contributed by atoms with Crippen LogP contribution in [0.25, 0.3) is 70.7 Å². The standard InChI is InChI=1S/C48H35N3/c1-48(2)36-19-8-5-15-30(36)32-18-11-24-42(49-38-21-12-20-37(48)44(32)38)51-41-26-25-28-13-3-4-14-29(28)43(41)35-27-34-31-16-6-9-22-39(31)50-40-23-10-7-17-33(40)45(46(34)50)47(35)51/h3-10,12-17,19-23,25-27,32H,11,18,24H2,1-2H3. The van der Waals surface area contributed by atoms with Crippen LogP contribution in [0.15, 0.2) is 138 Å². The minimum atomic E-state index is -0.0896. The maximum Gasteiger partial charge on any atom is 0.114 e. The zero-order chi connectivity index (χ0) is 33.6. The van der Waals surface area contributed by atoms with Gasteiger partial charge >= 0.3 is 0 Å². The summed E-state index contributed by atoms with van der Waals surface area (Å²) in [6.07, 6.45) is 3.07. The van der Waals surface area contributed by atoms with Crippen molar-refractivity contribution in [3.8, 4) is 0 Å². The highest BCUT2D eigenvalue weighted by Gasteiger charge is 2.39. The summed E-state index contributed by atoms with van der Waals surface area (Å²) in [6, 6.07) is 50.0. The van der Waals surface area contributed by atoms with Crippen molar-refractivity contribution in [2.24, 2.45) is 4.99 Å². The average molecular weight is 654 g/mol. The maximum atomic E-state index is 5.80. The Labute approximate surface area is 295 Å². The smallest absolute Gasteiger partial charge is 0.114 e. The van der Waals surface area contributed by atoms with E-state index in [-0.39, 0.29) is 5.41 Å². The number of para-hydroxylation sites is 2. The van der Waals surface area contributed by atoms with Crippen molar-refractivity contribution in [1.29, 1.82) is 0 Å². The molecule has 0 amide bonds. The van der Waals surface area contributed by atoms with Gasteiger partial charge in [-0.2, -0.15) is 0 Å². The molecule has 2 aliphatic rings. The van der Waals surface area contributed by atoms with Gasteiger partial charge in [-0.25, -0.2) is 4.99 Å².